The molecule has 1 fully saturated rings. The van der Waals surface area contributed by atoms with Gasteiger partial charge in [-0.3, -0.25) is 19.1 Å². The highest BCUT2D eigenvalue weighted by Gasteiger charge is 2.45. The van der Waals surface area contributed by atoms with Gasteiger partial charge in [-0.2, -0.15) is 0 Å². The van der Waals surface area contributed by atoms with E-state index in [-0.39, 0.29) is 5.56 Å². The van der Waals surface area contributed by atoms with Crippen LogP contribution in [-0.2, 0) is 16.0 Å². The Hall–Kier alpha value is -2.04. The second kappa shape index (κ2) is 5.76. The molecule has 0 aliphatic carbocycles. The molecule has 1 aliphatic heterocycles. The second-order valence-electron chi connectivity index (χ2n) is 4.65. The van der Waals surface area contributed by atoms with Gasteiger partial charge in [0.05, 0.1) is 13.0 Å². The van der Waals surface area contributed by atoms with E-state index in [1.807, 2.05) is 4.98 Å². The summed E-state index contributed by atoms with van der Waals surface area (Å²) in [5.74, 6) is -0.803. The number of aliphatic hydroxyl groups excluding tert-OH is 2. The SMILES string of the molecule is NC(=O)Cc1cn([C@@H]2O[C@H](CO)C(O)[C@@H]2F)c(=O)[nH]c1=O. The minimum atomic E-state index is -1.98. The van der Waals surface area contributed by atoms with Crippen molar-refractivity contribution in [3.05, 3.63) is 32.6 Å². The molecule has 4 atom stereocenters. The van der Waals surface area contributed by atoms with Crippen molar-refractivity contribution in [1.29, 1.82) is 0 Å². The van der Waals surface area contributed by atoms with Gasteiger partial charge in [-0.25, -0.2) is 9.18 Å². The van der Waals surface area contributed by atoms with E-state index in [9.17, 15) is 23.9 Å². The molecule has 10 heteroatoms. The van der Waals surface area contributed by atoms with Gasteiger partial charge >= 0.3 is 5.69 Å². The van der Waals surface area contributed by atoms with Crippen LogP contribution in [0.15, 0.2) is 15.8 Å². The molecule has 9 nitrogen and oxygen atoms in total. The Kier molecular flexibility index (Phi) is 4.21. The molecule has 1 unspecified atom stereocenters. The van der Waals surface area contributed by atoms with Crippen LogP contribution < -0.4 is 17.0 Å². The van der Waals surface area contributed by atoms with Gasteiger partial charge in [-0.05, 0) is 0 Å². The molecular formula is C11H14FN3O6. The maximum atomic E-state index is 13.9. The van der Waals surface area contributed by atoms with Gasteiger partial charge in [-0.15, -0.1) is 0 Å². The predicted octanol–water partition coefficient (Wildman–Crippen LogP) is -2.85. The number of aromatic amines is 1. The van der Waals surface area contributed by atoms with E-state index in [4.69, 9.17) is 15.6 Å². The van der Waals surface area contributed by atoms with Crippen LogP contribution in [-0.4, -0.2) is 50.7 Å². The Balaban J connectivity index is 2.42. The molecule has 0 bridgehead atoms. The number of nitrogens with zero attached hydrogens (tertiary/aromatic N) is 1. The Morgan fingerprint density at radius 3 is 2.71 bits per heavy atom. The average molecular weight is 303 g/mol. The predicted molar refractivity (Wildman–Crippen MR) is 66.1 cm³/mol. The molecule has 21 heavy (non-hydrogen) atoms. The number of H-pyrrole nitrogens is 1. The first-order chi connectivity index (χ1) is 9.85. The first kappa shape index (κ1) is 15.4. The number of halogens is 1. The van der Waals surface area contributed by atoms with Gasteiger partial charge < -0.3 is 20.7 Å². The minimum Gasteiger partial charge on any atom is -0.394 e. The first-order valence-corrected chi connectivity index (χ1v) is 6.06. The Labute approximate surface area is 116 Å². The van der Waals surface area contributed by atoms with Gasteiger partial charge in [0.1, 0.15) is 12.2 Å². The zero-order valence-electron chi connectivity index (χ0n) is 10.7. The van der Waals surface area contributed by atoms with Crippen molar-refractivity contribution in [2.24, 2.45) is 5.73 Å². The number of aromatic nitrogens is 2. The number of amides is 1. The lowest BCUT2D eigenvalue weighted by Gasteiger charge is -2.16. The van der Waals surface area contributed by atoms with Gasteiger partial charge in [0.25, 0.3) is 5.56 Å². The highest BCUT2D eigenvalue weighted by atomic mass is 19.1. The first-order valence-electron chi connectivity index (χ1n) is 6.06. The quantitative estimate of drug-likeness (QED) is 0.471. The molecule has 116 valence electrons. The molecule has 0 spiro atoms. The molecule has 0 saturated carbocycles. The van der Waals surface area contributed by atoms with Crippen LogP contribution in [0.1, 0.15) is 11.8 Å². The molecule has 2 heterocycles. The van der Waals surface area contributed by atoms with Gasteiger partial charge in [0.2, 0.25) is 5.91 Å². The van der Waals surface area contributed by atoms with E-state index in [2.05, 4.69) is 0 Å². The molecule has 1 aromatic heterocycles. The van der Waals surface area contributed by atoms with Crippen molar-refractivity contribution in [1.82, 2.24) is 9.55 Å². The lowest BCUT2D eigenvalue weighted by Crippen LogP contribution is -2.38. The van der Waals surface area contributed by atoms with Gasteiger partial charge in [-0.1, -0.05) is 0 Å². The van der Waals surface area contributed by atoms with Crippen molar-refractivity contribution in [3.8, 4) is 0 Å². The molecule has 1 aliphatic rings. The number of ether oxygens (including phenoxy) is 1. The number of rotatable bonds is 4. The van der Waals surface area contributed by atoms with Crippen molar-refractivity contribution in [2.45, 2.75) is 31.0 Å². The molecule has 0 radical (unpaired) electrons. The van der Waals surface area contributed by atoms with Gasteiger partial charge in [0.15, 0.2) is 12.4 Å². The van der Waals surface area contributed by atoms with Crippen LogP contribution in [0.5, 0.6) is 0 Å². The maximum Gasteiger partial charge on any atom is 0.330 e. The molecular weight excluding hydrogens is 289 g/mol. The zero-order valence-corrected chi connectivity index (χ0v) is 10.7. The van der Waals surface area contributed by atoms with E-state index in [1.54, 1.807) is 0 Å². The molecule has 5 N–H and O–H groups in total. The number of hydrogen-bond donors (Lipinski definition) is 4. The molecule has 1 aromatic rings. The fourth-order valence-electron chi connectivity index (χ4n) is 2.11. The third kappa shape index (κ3) is 2.86. The van der Waals surface area contributed by atoms with Crippen LogP contribution >= 0.6 is 0 Å². The zero-order chi connectivity index (χ0) is 15.7. The average Bonchev–Trinajstić information content (AvgIpc) is 2.69. The Bertz CT molecular complexity index is 656. The normalized spacial score (nSPS) is 28.7. The van der Waals surface area contributed by atoms with Crippen molar-refractivity contribution in [3.63, 3.8) is 0 Å². The lowest BCUT2D eigenvalue weighted by atomic mass is 10.1. The summed E-state index contributed by atoms with van der Waals surface area (Å²) in [7, 11) is 0. The van der Waals surface area contributed by atoms with Crippen molar-refractivity contribution in [2.75, 3.05) is 6.61 Å². The lowest BCUT2D eigenvalue weighted by molar-refractivity contribution is -0.117. The van der Waals surface area contributed by atoms with E-state index < -0.39 is 54.8 Å². The summed E-state index contributed by atoms with van der Waals surface area (Å²) in [5, 5.41) is 18.5. The van der Waals surface area contributed by atoms with Crippen LogP contribution in [0, 0.1) is 0 Å². The summed E-state index contributed by atoms with van der Waals surface area (Å²) in [6.07, 6.45) is -5.79. The minimum absolute atomic E-state index is 0.139. The topological polar surface area (TPSA) is 148 Å². The van der Waals surface area contributed by atoms with E-state index in [0.717, 1.165) is 6.20 Å². The number of aliphatic hydroxyl groups is 2. The van der Waals surface area contributed by atoms with Crippen LogP contribution in [0.25, 0.3) is 0 Å². The summed E-state index contributed by atoms with van der Waals surface area (Å²) < 4.78 is 19.7. The summed E-state index contributed by atoms with van der Waals surface area (Å²) in [5.41, 5.74) is 3.05. The number of alkyl halides is 1. The standard InChI is InChI=1S/C11H14FN3O6/c12-7-8(18)5(3-16)21-10(7)15-2-4(1-6(13)17)9(19)14-11(15)20/h2,5,7-8,10,16,18H,1,3H2,(H2,13,17)(H,14,19,20)/t5-,7+,8?,10-/m1/s1. The third-order valence-electron chi connectivity index (χ3n) is 3.15. The summed E-state index contributed by atoms with van der Waals surface area (Å²) in [6, 6.07) is 0. The maximum absolute atomic E-state index is 13.9. The number of nitrogens with one attached hydrogen (secondary N) is 1. The molecule has 2 rings (SSSR count). The summed E-state index contributed by atoms with van der Waals surface area (Å²) in [4.78, 5) is 36.0. The Morgan fingerprint density at radius 1 is 1.52 bits per heavy atom. The Morgan fingerprint density at radius 2 is 2.19 bits per heavy atom. The number of primary amides is 1. The molecule has 1 saturated heterocycles. The summed E-state index contributed by atoms with van der Waals surface area (Å²) in [6.45, 7) is -0.635. The smallest absolute Gasteiger partial charge is 0.330 e. The second-order valence-corrected chi connectivity index (χ2v) is 4.65. The van der Waals surface area contributed by atoms with E-state index in [0.29, 0.717) is 4.57 Å². The highest BCUT2D eigenvalue weighted by Crippen LogP contribution is 2.30. The van der Waals surface area contributed by atoms with Crippen LogP contribution in [0.2, 0.25) is 0 Å². The third-order valence-corrected chi connectivity index (χ3v) is 3.15. The number of hydrogen-bond acceptors (Lipinski definition) is 6. The van der Waals surface area contributed by atoms with Crippen LogP contribution in [0.4, 0.5) is 4.39 Å². The summed E-state index contributed by atoms with van der Waals surface area (Å²) >= 11 is 0. The fourth-order valence-corrected chi connectivity index (χ4v) is 2.11. The molecule has 0 aromatic carbocycles. The van der Waals surface area contributed by atoms with Gasteiger partial charge in [0, 0.05) is 11.8 Å². The van der Waals surface area contributed by atoms with E-state index in [1.165, 1.54) is 0 Å². The highest BCUT2D eigenvalue weighted by molar-refractivity contribution is 5.76. The number of carbonyl (C=O) groups is 1. The van der Waals surface area contributed by atoms with Crippen LogP contribution in [0.3, 0.4) is 0 Å². The largest absolute Gasteiger partial charge is 0.394 e. The van der Waals surface area contributed by atoms with Crippen molar-refractivity contribution < 1.29 is 24.1 Å². The monoisotopic (exact) mass is 303 g/mol. The number of carbonyl (C=O) groups excluding carboxylic acids is 1. The molecule has 1 amide bonds. The number of nitrogens with two attached hydrogens (primary N) is 1. The fraction of sp³-hybridized carbons (Fsp3) is 0.545. The van der Waals surface area contributed by atoms with E-state index >= 15 is 0 Å². The van der Waals surface area contributed by atoms with Crippen molar-refractivity contribution >= 4 is 5.91 Å².